The van der Waals surface area contributed by atoms with Gasteiger partial charge in [-0.1, -0.05) is 18.2 Å². The average molecular weight is 365 g/mol. The molecule has 2 N–H and O–H groups in total. The van der Waals surface area contributed by atoms with Gasteiger partial charge in [0.15, 0.2) is 5.69 Å². The number of nitrogens with zero attached hydrogens (tertiary/aromatic N) is 2. The SMILES string of the molecule is COC(=O)c1c(N)c(C#N)cn1-c1cccc(OCc2cccc(F)c2)c1. The first-order chi connectivity index (χ1) is 13.0. The number of hydrogen-bond acceptors (Lipinski definition) is 5. The highest BCUT2D eigenvalue weighted by Gasteiger charge is 2.21. The second-order valence-corrected chi connectivity index (χ2v) is 5.69. The number of nitrogen functional groups attached to an aromatic ring is 1. The molecule has 27 heavy (non-hydrogen) atoms. The fraction of sp³-hybridized carbons (Fsp3) is 0.100. The molecule has 0 amide bonds. The highest BCUT2D eigenvalue weighted by atomic mass is 19.1. The molecular weight excluding hydrogens is 349 g/mol. The summed E-state index contributed by atoms with van der Waals surface area (Å²) in [6.45, 7) is 0.183. The molecule has 0 atom stereocenters. The van der Waals surface area contributed by atoms with E-state index in [0.717, 1.165) is 0 Å². The van der Waals surface area contributed by atoms with Gasteiger partial charge in [0, 0.05) is 18.0 Å². The maximum Gasteiger partial charge on any atom is 0.357 e. The molecule has 6 nitrogen and oxygen atoms in total. The van der Waals surface area contributed by atoms with E-state index in [-0.39, 0.29) is 29.4 Å². The molecule has 0 saturated carbocycles. The molecule has 3 rings (SSSR count). The van der Waals surface area contributed by atoms with E-state index in [4.69, 9.17) is 15.2 Å². The fourth-order valence-electron chi connectivity index (χ4n) is 2.63. The van der Waals surface area contributed by atoms with Gasteiger partial charge in [-0.15, -0.1) is 0 Å². The van der Waals surface area contributed by atoms with Gasteiger partial charge in [-0.2, -0.15) is 5.26 Å². The van der Waals surface area contributed by atoms with Crippen molar-refractivity contribution in [1.82, 2.24) is 4.57 Å². The summed E-state index contributed by atoms with van der Waals surface area (Å²) < 4.78 is 25.2. The fourth-order valence-corrected chi connectivity index (χ4v) is 2.63. The standard InChI is InChI=1S/C20H16FN3O3/c1-26-20(25)19-18(23)14(10-22)11-24(19)16-6-3-7-17(9-16)27-12-13-4-2-5-15(21)8-13/h2-9,11H,12,23H2,1H3. The quantitative estimate of drug-likeness (QED) is 0.700. The van der Waals surface area contributed by atoms with Crippen LogP contribution in [-0.4, -0.2) is 17.6 Å². The zero-order valence-corrected chi connectivity index (χ0v) is 14.5. The van der Waals surface area contributed by atoms with Gasteiger partial charge in [-0.05, 0) is 29.8 Å². The van der Waals surface area contributed by atoms with Crippen LogP contribution in [0.25, 0.3) is 5.69 Å². The van der Waals surface area contributed by atoms with E-state index in [1.807, 2.05) is 6.07 Å². The Bertz CT molecular complexity index is 1040. The lowest BCUT2D eigenvalue weighted by Gasteiger charge is -2.11. The van der Waals surface area contributed by atoms with Crippen LogP contribution < -0.4 is 10.5 Å². The van der Waals surface area contributed by atoms with Crippen molar-refractivity contribution in [3.63, 3.8) is 0 Å². The second-order valence-electron chi connectivity index (χ2n) is 5.69. The summed E-state index contributed by atoms with van der Waals surface area (Å²) in [6, 6.07) is 15.0. The first-order valence-electron chi connectivity index (χ1n) is 8.00. The minimum atomic E-state index is -0.653. The molecule has 0 aliphatic heterocycles. The predicted molar refractivity (Wildman–Crippen MR) is 97.0 cm³/mol. The van der Waals surface area contributed by atoms with Gasteiger partial charge in [0.1, 0.15) is 24.2 Å². The largest absolute Gasteiger partial charge is 0.489 e. The van der Waals surface area contributed by atoms with Gasteiger partial charge in [0.2, 0.25) is 0 Å². The van der Waals surface area contributed by atoms with Crippen LogP contribution in [-0.2, 0) is 11.3 Å². The van der Waals surface area contributed by atoms with Crippen molar-refractivity contribution < 1.29 is 18.7 Å². The molecule has 1 aromatic heterocycles. The minimum absolute atomic E-state index is 0.0513. The Hall–Kier alpha value is -3.79. The van der Waals surface area contributed by atoms with E-state index >= 15 is 0 Å². The van der Waals surface area contributed by atoms with Crippen LogP contribution in [0.1, 0.15) is 21.6 Å². The molecule has 2 aromatic carbocycles. The molecule has 0 fully saturated rings. The van der Waals surface area contributed by atoms with Gasteiger partial charge in [-0.25, -0.2) is 9.18 Å². The number of benzene rings is 2. The van der Waals surface area contributed by atoms with Crippen LogP contribution in [0.2, 0.25) is 0 Å². The molecule has 0 aliphatic carbocycles. The Kier molecular flexibility index (Phi) is 5.08. The molecule has 1 heterocycles. The number of nitriles is 1. The summed E-state index contributed by atoms with van der Waals surface area (Å²) in [5.74, 6) is -0.474. The highest BCUT2D eigenvalue weighted by molar-refractivity contribution is 5.95. The Balaban J connectivity index is 1.92. The van der Waals surface area contributed by atoms with E-state index in [0.29, 0.717) is 17.0 Å². The van der Waals surface area contributed by atoms with Crippen LogP contribution in [0, 0.1) is 17.1 Å². The lowest BCUT2D eigenvalue weighted by Crippen LogP contribution is -2.11. The van der Waals surface area contributed by atoms with Crippen molar-refractivity contribution in [3.8, 4) is 17.5 Å². The first kappa shape index (κ1) is 18.0. The summed E-state index contributed by atoms with van der Waals surface area (Å²) in [5.41, 5.74) is 7.45. The number of anilines is 1. The molecule has 0 saturated heterocycles. The van der Waals surface area contributed by atoms with Crippen molar-refractivity contribution in [2.45, 2.75) is 6.61 Å². The van der Waals surface area contributed by atoms with Crippen LogP contribution in [0.5, 0.6) is 5.75 Å². The average Bonchev–Trinajstić information content (AvgIpc) is 3.02. The molecule has 0 spiro atoms. The lowest BCUT2D eigenvalue weighted by atomic mass is 10.2. The number of ether oxygens (including phenoxy) is 2. The molecule has 136 valence electrons. The molecule has 7 heteroatoms. The second kappa shape index (κ2) is 7.62. The predicted octanol–water partition coefficient (Wildman–Crippen LogP) is 3.44. The third-order valence-electron chi connectivity index (χ3n) is 3.93. The molecule has 0 unspecified atom stereocenters. The number of methoxy groups -OCH3 is 1. The number of carbonyl (C=O) groups excluding carboxylic acids is 1. The Morgan fingerprint density at radius 3 is 2.74 bits per heavy atom. The molecule has 0 aliphatic rings. The summed E-state index contributed by atoms with van der Waals surface area (Å²) >= 11 is 0. The van der Waals surface area contributed by atoms with Crippen LogP contribution in [0.3, 0.4) is 0 Å². The third kappa shape index (κ3) is 3.75. The van der Waals surface area contributed by atoms with E-state index in [9.17, 15) is 14.4 Å². The van der Waals surface area contributed by atoms with Gasteiger partial charge >= 0.3 is 5.97 Å². The monoisotopic (exact) mass is 365 g/mol. The maximum absolute atomic E-state index is 13.3. The number of halogens is 1. The van der Waals surface area contributed by atoms with Gasteiger partial charge < -0.3 is 19.8 Å². The first-order valence-corrected chi connectivity index (χ1v) is 8.00. The lowest BCUT2D eigenvalue weighted by molar-refractivity contribution is 0.0593. The smallest absolute Gasteiger partial charge is 0.357 e. The Labute approximate surface area is 155 Å². The summed E-state index contributed by atoms with van der Waals surface area (Å²) in [7, 11) is 1.24. The van der Waals surface area contributed by atoms with E-state index in [1.54, 1.807) is 36.4 Å². The summed E-state index contributed by atoms with van der Waals surface area (Å²) in [5, 5.41) is 9.19. The number of esters is 1. The topological polar surface area (TPSA) is 90.3 Å². The Morgan fingerprint density at radius 2 is 2.04 bits per heavy atom. The normalized spacial score (nSPS) is 10.3. The van der Waals surface area contributed by atoms with Crippen molar-refractivity contribution >= 4 is 11.7 Å². The maximum atomic E-state index is 13.3. The molecule has 0 bridgehead atoms. The number of rotatable bonds is 5. The van der Waals surface area contributed by atoms with E-state index < -0.39 is 5.97 Å². The minimum Gasteiger partial charge on any atom is -0.489 e. The highest BCUT2D eigenvalue weighted by Crippen LogP contribution is 2.26. The van der Waals surface area contributed by atoms with Crippen LogP contribution >= 0.6 is 0 Å². The number of carbonyl (C=O) groups is 1. The van der Waals surface area contributed by atoms with Crippen molar-refractivity contribution in [2.24, 2.45) is 0 Å². The van der Waals surface area contributed by atoms with Crippen molar-refractivity contribution in [1.29, 1.82) is 5.26 Å². The number of hydrogen-bond donors (Lipinski definition) is 1. The van der Waals surface area contributed by atoms with Gasteiger partial charge in [0.05, 0.1) is 18.4 Å². The van der Waals surface area contributed by atoms with Crippen molar-refractivity contribution in [2.75, 3.05) is 12.8 Å². The van der Waals surface area contributed by atoms with Crippen molar-refractivity contribution in [3.05, 3.63) is 77.4 Å². The zero-order valence-electron chi connectivity index (χ0n) is 14.5. The number of aromatic nitrogens is 1. The Morgan fingerprint density at radius 1 is 1.26 bits per heavy atom. The van der Waals surface area contributed by atoms with E-state index in [1.165, 1.54) is 30.0 Å². The van der Waals surface area contributed by atoms with Gasteiger partial charge in [0.25, 0.3) is 0 Å². The summed E-state index contributed by atoms with van der Waals surface area (Å²) in [6.07, 6.45) is 1.47. The molecular formula is C20H16FN3O3. The van der Waals surface area contributed by atoms with E-state index in [2.05, 4.69) is 0 Å². The molecule has 0 radical (unpaired) electrons. The van der Waals surface area contributed by atoms with Gasteiger partial charge in [-0.3, -0.25) is 0 Å². The third-order valence-corrected chi connectivity index (χ3v) is 3.93. The van der Waals surface area contributed by atoms with Crippen LogP contribution in [0.4, 0.5) is 10.1 Å². The van der Waals surface area contributed by atoms with Crippen LogP contribution in [0.15, 0.2) is 54.7 Å². The number of nitrogens with two attached hydrogens (primary N) is 1. The summed E-state index contributed by atoms with van der Waals surface area (Å²) in [4.78, 5) is 12.1. The molecule has 3 aromatic rings. The zero-order chi connectivity index (χ0) is 19.4.